The van der Waals surface area contributed by atoms with Gasteiger partial charge in [-0.3, -0.25) is 9.69 Å². The summed E-state index contributed by atoms with van der Waals surface area (Å²) in [5.41, 5.74) is 0.384. The first-order valence-corrected chi connectivity index (χ1v) is 6.19. The molecule has 1 aliphatic rings. The van der Waals surface area contributed by atoms with Crippen LogP contribution in [0.2, 0.25) is 0 Å². The van der Waals surface area contributed by atoms with E-state index in [2.05, 4.69) is 15.2 Å². The molecule has 0 bridgehead atoms. The largest absolute Gasteiger partial charge is 0.445 e. The highest BCUT2D eigenvalue weighted by atomic mass is 16.5. The second-order valence-corrected chi connectivity index (χ2v) is 4.35. The van der Waals surface area contributed by atoms with Gasteiger partial charge < -0.3 is 14.5 Å². The minimum Gasteiger partial charge on any atom is -0.445 e. The maximum Gasteiger partial charge on any atom is 0.273 e. The lowest BCUT2D eigenvalue weighted by Crippen LogP contribution is -2.41. The molecule has 1 N–H and O–H groups in total. The lowest BCUT2D eigenvalue weighted by atomic mass is 10.3. The number of rotatable bonds is 4. The number of oxazole rings is 1. The summed E-state index contributed by atoms with van der Waals surface area (Å²) in [5, 5.41) is 2.86. The first kappa shape index (κ1) is 13.0. The molecular formula is C12H19N3O3. The molecule has 0 saturated carbocycles. The van der Waals surface area contributed by atoms with Crippen LogP contribution in [-0.4, -0.2) is 55.2 Å². The van der Waals surface area contributed by atoms with Gasteiger partial charge in [0.1, 0.15) is 5.76 Å². The van der Waals surface area contributed by atoms with Crippen molar-refractivity contribution in [3.05, 3.63) is 17.3 Å². The Balaban J connectivity index is 1.76. The summed E-state index contributed by atoms with van der Waals surface area (Å²) >= 11 is 0. The van der Waals surface area contributed by atoms with Crippen LogP contribution in [0.4, 0.5) is 0 Å². The number of amides is 1. The Hall–Kier alpha value is -1.40. The van der Waals surface area contributed by atoms with E-state index >= 15 is 0 Å². The van der Waals surface area contributed by atoms with Gasteiger partial charge in [0, 0.05) is 33.1 Å². The van der Waals surface area contributed by atoms with Gasteiger partial charge in [-0.15, -0.1) is 0 Å². The van der Waals surface area contributed by atoms with Gasteiger partial charge in [0.2, 0.25) is 0 Å². The first-order valence-electron chi connectivity index (χ1n) is 6.19. The van der Waals surface area contributed by atoms with Gasteiger partial charge in [-0.1, -0.05) is 0 Å². The van der Waals surface area contributed by atoms with E-state index in [4.69, 9.17) is 9.15 Å². The topological polar surface area (TPSA) is 67.6 Å². The minimum atomic E-state index is -0.169. The third-order valence-corrected chi connectivity index (χ3v) is 2.94. The van der Waals surface area contributed by atoms with Gasteiger partial charge in [-0.2, -0.15) is 0 Å². The Morgan fingerprint density at radius 3 is 2.72 bits per heavy atom. The molecule has 2 heterocycles. The zero-order valence-electron chi connectivity index (χ0n) is 10.9. The molecule has 18 heavy (non-hydrogen) atoms. The van der Waals surface area contributed by atoms with Gasteiger partial charge in [-0.05, 0) is 6.92 Å². The third kappa shape index (κ3) is 3.30. The maximum atomic E-state index is 11.8. The van der Waals surface area contributed by atoms with E-state index in [0.29, 0.717) is 23.9 Å². The van der Waals surface area contributed by atoms with Crippen molar-refractivity contribution in [3.63, 3.8) is 0 Å². The number of aryl methyl sites for hydroxylation is 2. The maximum absolute atomic E-state index is 11.8. The van der Waals surface area contributed by atoms with Crippen molar-refractivity contribution < 1.29 is 13.9 Å². The summed E-state index contributed by atoms with van der Waals surface area (Å²) in [6.07, 6.45) is 0. The van der Waals surface area contributed by atoms with Crippen molar-refractivity contribution in [3.8, 4) is 0 Å². The van der Waals surface area contributed by atoms with Crippen molar-refractivity contribution in [1.82, 2.24) is 15.2 Å². The van der Waals surface area contributed by atoms with E-state index in [1.807, 2.05) is 0 Å². The van der Waals surface area contributed by atoms with Crippen LogP contribution >= 0.6 is 0 Å². The fraction of sp³-hybridized carbons (Fsp3) is 0.667. The molecule has 0 spiro atoms. The number of carbonyl (C=O) groups is 1. The second kappa shape index (κ2) is 5.97. The van der Waals surface area contributed by atoms with Crippen molar-refractivity contribution in [2.75, 3.05) is 39.4 Å². The normalized spacial score (nSPS) is 16.8. The van der Waals surface area contributed by atoms with E-state index in [9.17, 15) is 4.79 Å². The van der Waals surface area contributed by atoms with E-state index in [0.717, 1.165) is 32.8 Å². The molecule has 1 fully saturated rings. The molecule has 1 aliphatic heterocycles. The smallest absolute Gasteiger partial charge is 0.273 e. The molecule has 0 aromatic carbocycles. The van der Waals surface area contributed by atoms with Gasteiger partial charge in [0.25, 0.3) is 5.91 Å². The monoisotopic (exact) mass is 253 g/mol. The quantitative estimate of drug-likeness (QED) is 0.839. The Kier molecular flexibility index (Phi) is 4.33. The number of aromatic nitrogens is 1. The molecule has 2 rings (SSSR count). The summed E-state index contributed by atoms with van der Waals surface area (Å²) in [4.78, 5) is 18.2. The fourth-order valence-electron chi connectivity index (χ4n) is 1.98. The van der Waals surface area contributed by atoms with E-state index in [1.165, 1.54) is 0 Å². The van der Waals surface area contributed by atoms with Crippen molar-refractivity contribution in [2.45, 2.75) is 13.8 Å². The van der Waals surface area contributed by atoms with Gasteiger partial charge in [0.15, 0.2) is 11.6 Å². The highest BCUT2D eigenvalue weighted by molar-refractivity contribution is 5.93. The Morgan fingerprint density at radius 2 is 2.11 bits per heavy atom. The molecule has 1 aromatic rings. The van der Waals surface area contributed by atoms with Gasteiger partial charge in [0.05, 0.1) is 13.2 Å². The summed E-state index contributed by atoms with van der Waals surface area (Å²) in [6.45, 7) is 8.34. The molecule has 6 nitrogen and oxygen atoms in total. The minimum absolute atomic E-state index is 0.169. The van der Waals surface area contributed by atoms with Crippen molar-refractivity contribution in [1.29, 1.82) is 0 Å². The van der Waals surface area contributed by atoms with Crippen LogP contribution in [-0.2, 0) is 4.74 Å². The predicted octanol–water partition coefficient (Wildman–Crippen LogP) is 0.353. The molecule has 0 unspecified atom stereocenters. The number of carbonyl (C=O) groups excluding carboxylic acids is 1. The number of hydrogen-bond donors (Lipinski definition) is 1. The average Bonchev–Trinajstić information content (AvgIpc) is 2.70. The highest BCUT2D eigenvalue weighted by Crippen LogP contribution is 2.08. The molecule has 6 heteroatoms. The predicted molar refractivity (Wildman–Crippen MR) is 65.6 cm³/mol. The number of nitrogens with zero attached hydrogens (tertiary/aromatic N) is 2. The van der Waals surface area contributed by atoms with E-state index in [1.54, 1.807) is 13.8 Å². The molecule has 0 aliphatic carbocycles. The third-order valence-electron chi connectivity index (χ3n) is 2.94. The van der Waals surface area contributed by atoms with Crippen LogP contribution < -0.4 is 5.32 Å². The van der Waals surface area contributed by atoms with Crippen LogP contribution in [0.5, 0.6) is 0 Å². The van der Waals surface area contributed by atoms with Gasteiger partial charge in [-0.25, -0.2) is 4.98 Å². The Labute approximate surface area is 106 Å². The lowest BCUT2D eigenvalue weighted by molar-refractivity contribution is 0.0383. The second-order valence-electron chi connectivity index (χ2n) is 4.35. The average molecular weight is 253 g/mol. The Morgan fingerprint density at radius 1 is 1.39 bits per heavy atom. The molecule has 1 amide bonds. The first-order chi connectivity index (χ1) is 8.66. The molecular weight excluding hydrogens is 234 g/mol. The number of nitrogens with one attached hydrogen (secondary N) is 1. The van der Waals surface area contributed by atoms with Gasteiger partial charge >= 0.3 is 0 Å². The van der Waals surface area contributed by atoms with Crippen LogP contribution in [0.1, 0.15) is 22.1 Å². The van der Waals surface area contributed by atoms with Crippen LogP contribution in [0.25, 0.3) is 0 Å². The van der Waals surface area contributed by atoms with E-state index in [-0.39, 0.29) is 5.91 Å². The molecule has 1 saturated heterocycles. The zero-order valence-corrected chi connectivity index (χ0v) is 10.9. The van der Waals surface area contributed by atoms with Crippen LogP contribution in [0.3, 0.4) is 0 Å². The number of hydrogen-bond acceptors (Lipinski definition) is 5. The Bertz CT molecular complexity index is 411. The summed E-state index contributed by atoms with van der Waals surface area (Å²) in [7, 11) is 0. The lowest BCUT2D eigenvalue weighted by Gasteiger charge is -2.26. The summed E-state index contributed by atoms with van der Waals surface area (Å²) in [5.74, 6) is 0.916. The van der Waals surface area contributed by atoms with E-state index < -0.39 is 0 Å². The summed E-state index contributed by atoms with van der Waals surface area (Å²) < 4.78 is 10.5. The summed E-state index contributed by atoms with van der Waals surface area (Å²) in [6, 6.07) is 0. The molecule has 0 atom stereocenters. The standard InChI is InChI=1S/C12H19N3O3/c1-9-11(14-10(2)18-9)12(16)13-3-4-15-5-7-17-8-6-15/h3-8H2,1-2H3,(H,13,16). The zero-order chi connectivity index (χ0) is 13.0. The van der Waals surface area contributed by atoms with Crippen molar-refractivity contribution >= 4 is 5.91 Å². The fourth-order valence-corrected chi connectivity index (χ4v) is 1.98. The number of ether oxygens (including phenoxy) is 1. The van der Waals surface area contributed by atoms with Crippen LogP contribution in [0, 0.1) is 13.8 Å². The van der Waals surface area contributed by atoms with Crippen molar-refractivity contribution in [2.24, 2.45) is 0 Å². The molecule has 100 valence electrons. The van der Waals surface area contributed by atoms with Crippen LogP contribution in [0.15, 0.2) is 4.42 Å². The molecule has 0 radical (unpaired) electrons. The molecule has 1 aromatic heterocycles. The number of morpholine rings is 1. The highest BCUT2D eigenvalue weighted by Gasteiger charge is 2.15. The SMILES string of the molecule is Cc1nc(C(=O)NCCN2CCOCC2)c(C)o1.